The van der Waals surface area contributed by atoms with Gasteiger partial charge in [0.05, 0.1) is 4.88 Å². The van der Waals surface area contributed by atoms with E-state index in [0.717, 1.165) is 9.75 Å². The summed E-state index contributed by atoms with van der Waals surface area (Å²) in [6.45, 7) is 1.99. The molecule has 2 aromatic rings. The highest BCUT2D eigenvalue weighted by Crippen LogP contribution is 2.36. The molecular weight excluding hydrogens is 298 g/mol. The summed E-state index contributed by atoms with van der Waals surface area (Å²) in [5, 5.41) is 8.98. The van der Waals surface area contributed by atoms with Gasteiger partial charge < -0.3 is 5.11 Å². The van der Waals surface area contributed by atoms with Crippen molar-refractivity contribution in [2.75, 3.05) is 0 Å². The molecule has 0 radical (unpaired) electrons. The van der Waals surface area contributed by atoms with Crippen molar-refractivity contribution in [2.45, 2.75) is 6.92 Å². The Bertz CT molecular complexity index is 518. The summed E-state index contributed by atoms with van der Waals surface area (Å²) < 4.78 is 0.598. The monoisotopic (exact) mass is 303 g/mol. The molecule has 3 nitrogen and oxygen atoms in total. The van der Waals surface area contributed by atoms with Crippen molar-refractivity contribution in [3.63, 3.8) is 0 Å². The fourth-order valence-corrected chi connectivity index (χ4v) is 3.59. The van der Waals surface area contributed by atoms with E-state index in [1.807, 2.05) is 19.1 Å². The van der Waals surface area contributed by atoms with Crippen LogP contribution in [0.4, 0.5) is 0 Å². The first-order valence-electron chi connectivity index (χ1n) is 4.04. The third kappa shape index (κ3) is 2.11. The fraction of sp³-hybridized carbons (Fsp3) is 0.111. The highest BCUT2D eigenvalue weighted by molar-refractivity contribution is 9.11. The summed E-state index contributed by atoms with van der Waals surface area (Å²) in [6.07, 6.45) is 0. The topological polar surface area (TPSA) is 50.2 Å². The number of hydrogen-bond donors (Lipinski definition) is 1. The Morgan fingerprint density at radius 3 is 2.73 bits per heavy atom. The van der Waals surface area contributed by atoms with E-state index in [-0.39, 0.29) is 5.69 Å². The first-order chi connectivity index (χ1) is 7.08. The van der Waals surface area contributed by atoms with Gasteiger partial charge >= 0.3 is 5.97 Å². The van der Waals surface area contributed by atoms with Gasteiger partial charge in [-0.05, 0) is 35.0 Å². The Labute approximate surface area is 103 Å². The van der Waals surface area contributed by atoms with Gasteiger partial charge in [0, 0.05) is 9.75 Å². The lowest BCUT2D eigenvalue weighted by Gasteiger charge is -1.92. The number of rotatable bonds is 2. The van der Waals surface area contributed by atoms with Crippen molar-refractivity contribution in [2.24, 2.45) is 0 Å². The normalized spacial score (nSPS) is 10.5. The van der Waals surface area contributed by atoms with Gasteiger partial charge in [0.25, 0.3) is 0 Å². The van der Waals surface area contributed by atoms with Crippen LogP contribution in [0.3, 0.4) is 0 Å². The Morgan fingerprint density at radius 2 is 2.20 bits per heavy atom. The fourth-order valence-electron chi connectivity index (χ4n) is 1.16. The lowest BCUT2D eigenvalue weighted by molar-refractivity contribution is 0.0692. The molecule has 0 amide bonds. The maximum atomic E-state index is 10.9. The molecule has 1 N–H and O–H groups in total. The maximum absolute atomic E-state index is 10.9. The third-order valence-corrected chi connectivity index (χ3v) is 4.46. The predicted molar refractivity (Wildman–Crippen MR) is 64.8 cm³/mol. The number of carbonyl (C=O) groups is 1. The van der Waals surface area contributed by atoms with Gasteiger partial charge in [-0.25, -0.2) is 9.78 Å². The van der Waals surface area contributed by atoms with Crippen molar-refractivity contribution in [1.29, 1.82) is 0 Å². The van der Waals surface area contributed by atoms with Crippen molar-refractivity contribution < 1.29 is 9.90 Å². The standard InChI is InChI=1S/C9H6BrNO2S2/c1-4-2-3-5(14-4)7-6(8(12)13)11-9(10)15-7/h2-3H,1H3,(H,12,13). The van der Waals surface area contributed by atoms with Crippen LogP contribution in [-0.4, -0.2) is 16.1 Å². The highest BCUT2D eigenvalue weighted by atomic mass is 79.9. The van der Waals surface area contributed by atoms with Crippen molar-refractivity contribution in [3.05, 3.63) is 26.6 Å². The zero-order valence-corrected chi connectivity index (χ0v) is 10.9. The summed E-state index contributed by atoms with van der Waals surface area (Å²) in [4.78, 5) is 17.7. The second kappa shape index (κ2) is 4.03. The minimum Gasteiger partial charge on any atom is -0.476 e. The van der Waals surface area contributed by atoms with Gasteiger partial charge in [0.1, 0.15) is 0 Å². The maximum Gasteiger partial charge on any atom is 0.356 e. The molecule has 2 aromatic heterocycles. The molecule has 0 aliphatic heterocycles. The molecule has 0 bridgehead atoms. The molecule has 0 unspecified atom stereocenters. The first-order valence-corrected chi connectivity index (χ1v) is 6.47. The zero-order valence-electron chi connectivity index (χ0n) is 7.65. The molecule has 0 atom stereocenters. The SMILES string of the molecule is Cc1ccc(-c2sc(Br)nc2C(=O)O)s1. The molecule has 0 saturated carbocycles. The number of hydrogen-bond acceptors (Lipinski definition) is 4. The molecule has 0 fully saturated rings. The number of aromatic nitrogens is 1. The molecule has 0 aliphatic rings. The van der Waals surface area contributed by atoms with Crippen LogP contribution in [0.15, 0.2) is 16.0 Å². The Balaban J connectivity index is 2.56. The predicted octanol–water partition coefficient (Wildman–Crippen LogP) is 3.64. The summed E-state index contributed by atoms with van der Waals surface area (Å²) in [7, 11) is 0. The zero-order chi connectivity index (χ0) is 11.0. The van der Waals surface area contributed by atoms with Gasteiger partial charge in [-0.3, -0.25) is 0 Å². The van der Waals surface area contributed by atoms with Gasteiger partial charge in [-0.1, -0.05) is 0 Å². The van der Waals surface area contributed by atoms with Crippen LogP contribution in [0.5, 0.6) is 0 Å². The number of aryl methyl sites for hydroxylation is 1. The molecule has 78 valence electrons. The Kier molecular flexibility index (Phi) is 2.90. The van der Waals surface area contributed by atoms with E-state index < -0.39 is 5.97 Å². The number of thiazole rings is 1. The molecular formula is C9H6BrNO2S2. The van der Waals surface area contributed by atoms with Gasteiger partial charge in [-0.15, -0.1) is 22.7 Å². The van der Waals surface area contributed by atoms with E-state index in [0.29, 0.717) is 8.79 Å². The molecule has 6 heteroatoms. The van der Waals surface area contributed by atoms with Crippen molar-refractivity contribution in [3.8, 4) is 9.75 Å². The van der Waals surface area contributed by atoms with Crippen LogP contribution in [0.25, 0.3) is 9.75 Å². The van der Waals surface area contributed by atoms with Gasteiger partial charge in [0.15, 0.2) is 9.61 Å². The summed E-state index contributed by atoms with van der Waals surface area (Å²) in [5.41, 5.74) is 0.119. The average Bonchev–Trinajstić information content (AvgIpc) is 2.71. The van der Waals surface area contributed by atoms with Gasteiger partial charge in [-0.2, -0.15) is 0 Å². The second-order valence-electron chi connectivity index (χ2n) is 2.86. The minimum atomic E-state index is -0.988. The van der Waals surface area contributed by atoms with E-state index in [1.54, 1.807) is 11.3 Å². The molecule has 0 spiro atoms. The van der Waals surface area contributed by atoms with Crippen LogP contribution in [0.1, 0.15) is 15.4 Å². The third-order valence-electron chi connectivity index (χ3n) is 1.77. The first kappa shape index (κ1) is 10.8. The van der Waals surface area contributed by atoms with E-state index in [1.165, 1.54) is 11.3 Å². The number of nitrogens with zero attached hydrogens (tertiary/aromatic N) is 1. The number of halogens is 1. The highest BCUT2D eigenvalue weighted by Gasteiger charge is 2.18. The molecule has 15 heavy (non-hydrogen) atoms. The molecule has 2 rings (SSSR count). The quantitative estimate of drug-likeness (QED) is 0.921. The van der Waals surface area contributed by atoms with Crippen molar-refractivity contribution in [1.82, 2.24) is 4.98 Å². The average molecular weight is 304 g/mol. The van der Waals surface area contributed by atoms with Crippen LogP contribution < -0.4 is 0 Å². The largest absolute Gasteiger partial charge is 0.476 e. The Morgan fingerprint density at radius 1 is 1.47 bits per heavy atom. The van der Waals surface area contributed by atoms with Crippen LogP contribution >= 0.6 is 38.6 Å². The summed E-state index contributed by atoms with van der Waals surface area (Å²) in [5.74, 6) is -0.988. The van der Waals surface area contributed by atoms with E-state index >= 15 is 0 Å². The second-order valence-corrected chi connectivity index (χ2v) is 6.42. The van der Waals surface area contributed by atoms with E-state index in [2.05, 4.69) is 20.9 Å². The van der Waals surface area contributed by atoms with Crippen LogP contribution in [-0.2, 0) is 0 Å². The Hall–Kier alpha value is -0.720. The summed E-state index contributed by atoms with van der Waals surface area (Å²) >= 11 is 6.12. The lowest BCUT2D eigenvalue weighted by Crippen LogP contribution is -1.97. The van der Waals surface area contributed by atoms with Crippen molar-refractivity contribution >= 4 is 44.6 Å². The number of thiophene rings is 1. The number of aromatic carboxylic acids is 1. The molecule has 0 aliphatic carbocycles. The van der Waals surface area contributed by atoms with E-state index in [9.17, 15) is 4.79 Å². The molecule has 0 aromatic carbocycles. The summed E-state index contributed by atoms with van der Waals surface area (Å²) in [6, 6.07) is 3.89. The number of carboxylic acid groups (broad SMARTS) is 1. The number of carboxylic acids is 1. The van der Waals surface area contributed by atoms with Crippen LogP contribution in [0, 0.1) is 6.92 Å². The minimum absolute atomic E-state index is 0.119. The molecule has 2 heterocycles. The van der Waals surface area contributed by atoms with Gasteiger partial charge in [0.2, 0.25) is 0 Å². The van der Waals surface area contributed by atoms with Crippen LogP contribution in [0.2, 0.25) is 0 Å². The van der Waals surface area contributed by atoms with E-state index in [4.69, 9.17) is 5.11 Å². The molecule has 0 saturated heterocycles. The smallest absolute Gasteiger partial charge is 0.356 e. The lowest BCUT2D eigenvalue weighted by atomic mass is 10.3.